The Kier molecular flexibility index (Phi) is 3.21. The van der Waals surface area contributed by atoms with Gasteiger partial charge in [0.05, 0.1) is 19.3 Å². The van der Waals surface area contributed by atoms with E-state index in [2.05, 4.69) is 24.4 Å². The molecule has 0 aromatic heterocycles. The van der Waals surface area contributed by atoms with E-state index < -0.39 is 6.17 Å². The highest BCUT2D eigenvalue weighted by Gasteiger charge is 2.27. The molecule has 2 rings (SSSR count). The molecule has 1 heterocycles. The van der Waals surface area contributed by atoms with E-state index >= 15 is 0 Å². The maximum Gasteiger partial charge on any atom is 0.146 e. The molecule has 0 radical (unpaired) electrons. The summed E-state index contributed by atoms with van der Waals surface area (Å²) < 4.78 is 18.3. The molecule has 82 valence electrons. The number of nitrogens with one attached hydrogen (secondary N) is 1. The Morgan fingerprint density at radius 1 is 1.33 bits per heavy atom. The van der Waals surface area contributed by atoms with E-state index in [1.54, 1.807) is 0 Å². The van der Waals surface area contributed by atoms with Crippen molar-refractivity contribution in [1.29, 1.82) is 0 Å². The summed E-state index contributed by atoms with van der Waals surface area (Å²) >= 11 is 0. The van der Waals surface area contributed by atoms with Crippen LogP contribution in [0.15, 0.2) is 24.3 Å². The molecule has 1 aromatic rings. The van der Waals surface area contributed by atoms with Crippen molar-refractivity contribution < 1.29 is 9.13 Å². The number of hydrogen-bond acceptors (Lipinski definition) is 2. The second-order valence-electron chi connectivity index (χ2n) is 3.85. The summed E-state index contributed by atoms with van der Waals surface area (Å²) in [6.45, 7) is 2.78. The Morgan fingerprint density at radius 3 is 2.60 bits per heavy atom. The van der Waals surface area contributed by atoms with Gasteiger partial charge in [-0.2, -0.15) is 0 Å². The normalized spacial score (nSPS) is 25.5. The van der Waals surface area contributed by atoms with Crippen LogP contribution in [0.5, 0.6) is 0 Å². The quantitative estimate of drug-likeness (QED) is 0.825. The third-order valence-electron chi connectivity index (χ3n) is 2.73. The van der Waals surface area contributed by atoms with Gasteiger partial charge in [0.25, 0.3) is 0 Å². The van der Waals surface area contributed by atoms with E-state index in [4.69, 9.17) is 4.74 Å². The highest BCUT2D eigenvalue weighted by molar-refractivity contribution is 5.45. The largest absolute Gasteiger partial charge is 0.377 e. The van der Waals surface area contributed by atoms with Crippen LogP contribution in [-0.2, 0) is 11.2 Å². The van der Waals surface area contributed by atoms with Crippen molar-refractivity contribution in [2.45, 2.75) is 25.6 Å². The summed E-state index contributed by atoms with van der Waals surface area (Å²) in [4.78, 5) is 0. The molecule has 0 aliphatic carbocycles. The average molecular weight is 209 g/mol. The summed E-state index contributed by atoms with van der Waals surface area (Å²) in [7, 11) is 0. The lowest BCUT2D eigenvalue weighted by Gasteiger charge is -2.14. The topological polar surface area (TPSA) is 21.3 Å². The molecular formula is C12H16FNO. The molecule has 1 aliphatic rings. The van der Waals surface area contributed by atoms with Crippen LogP contribution in [0.1, 0.15) is 12.5 Å². The number of anilines is 1. The zero-order chi connectivity index (χ0) is 10.7. The number of aryl methyl sites for hydroxylation is 1. The Hall–Kier alpha value is -1.09. The van der Waals surface area contributed by atoms with Crippen LogP contribution in [0, 0.1) is 0 Å². The third kappa shape index (κ3) is 2.48. The fourth-order valence-corrected chi connectivity index (χ4v) is 1.71. The first kappa shape index (κ1) is 10.4. The van der Waals surface area contributed by atoms with E-state index in [-0.39, 0.29) is 12.6 Å². The van der Waals surface area contributed by atoms with Gasteiger partial charge in [0, 0.05) is 5.69 Å². The van der Waals surface area contributed by atoms with Gasteiger partial charge in [-0.15, -0.1) is 0 Å². The van der Waals surface area contributed by atoms with Gasteiger partial charge in [0.1, 0.15) is 6.17 Å². The lowest BCUT2D eigenvalue weighted by atomic mass is 10.1. The first-order valence-electron chi connectivity index (χ1n) is 5.37. The van der Waals surface area contributed by atoms with E-state index in [1.807, 2.05) is 12.1 Å². The Morgan fingerprint density at radius 2 is 2.07 bits per heavy atom. The molecule has 1 aliphatic heterocycles. The highest BCUT2D eigenvalue weighted by Crippen LogP contribution is 2.17. The lowest BCUT2D eigenvalue weighted by molar-refractivity contribution is 0.173. The number of hydrogen-bond donors (Lipinski definition) is 1. The zero-order valence-electron chi connectivity index (χ0n) is 8.87. The van der Waals surface area contributed by atoms with Crippen molar-refractivity contribution in [3.63, 3.8) is 0 Å². The summed E-state index contributed by atoms with van der Waals surface area (Å²) in [5.41, 5.74) is 2.25. The number of ether oxygens (including phenoxy) is 1. The van der Waals surface area contributed by atoms with Crippen LogP contribution in [0.25, 0.3) is 0 Å². The molecule has 0 spiro atoms. The van der Waals surface area contributed by atoms with Crippen molar-refractivity contribution in [3.8, 4) is 0 Å². The van der Waals surface area contributed by atoms with Gasteiger partial charge in [-0.3, -0.25) is 0 Å². The predicted molar refractivity (Wildman–Crippen MR) is 58.9 cm³/mol. The molecule has 0 bridgehead atoms. The van der Waals surface area contributed by atoms with Crippen LogP contribution >= 0.6 is 0 Å². The maximum absolute atomic E-state index is 13.2. The molecule has 0 saturated carbocycles. The maximum atomic E-state index is 13.2. The van der Waals surface area contributed by atoms with Gasteiger partial charge in [-0.05, 0) is 24.1 Å². The van der Waals surface area contributed by atoms with Gasteiger partial charge in [0.2, 0.25) is 0 Å². The second kappa shape index (κ2) is 4.62. The van der Waals surface area contributed by atoms with Gasteiger partial charge in [0.15, 0.2) is 0 Å². The van der Waals surface area contributed by atoms with Gasteiger partial charge in [-0.25, -0.2) is 4.39 Å². The average Bonchev–Trinajstić information content (AvgIpc) is 2.66. The predicted octanol–water partition coefficient (Wildman–Crippen LogP) is 2.40. The number of rotatable bonds is 3. The van der Waals surface area contributed by atoms with Crippen molar-refractivity contribution in [2.75, 3.05) is 18.5 Å². The molecule has 0 amide bonds. The molecular weight excluding hydrogens is 193 g/mol. The lowest BCUT2D eigenvalue weighted by Crippen LogP contribution is -2.28. The smallest absolute Gasteiger partial charge is 0.146 e. The molecule has 1 saturated heterocycles. The van der Waals surface area contributed by atoms with E-state index in [0.29, 0.717) is 6.61 Å². The van der Waals surface area contributed by atoms with E-state index in [0.717, 1.165) is 12.1 Å². The van der Waals surface area contributed by atoms with Crippen molar-refractivity contribution in [1.82, 2.24) is 0 Å². The van der Waals surface area contributed by atoms with Crippen LogP contribution in [0.2, 0.25) is 0 Å². The zero-order valence-corrected chi connectivity index (χ0v) is 8.87. The van der Waals surface area contributed by atoms with Crippen molar-refractivity contribution >= 4 is 5.69 Å². The molecule has 15 heavy (non-hydrogen) atoms. The van der Waals surface area contributed by atoms with Crippen LogP contribution in [0.4, 0.5) is 10.1 Å². The summed E-state index contributed by atoms with van der Waals surface area (Å²) in [5.74, 6) is 0. The summed E-state index contributed by atoms with van der Waals surface area (Å²) in [6.07, 6.45) is 0.134. The Bertz CT molecular complexity index is 312. The fraction of sp³-hybridized carbons (Fsp3) is 0.500. The van der Waals surface area contributed by atoms with Gasteiger partial charge < -0.3 is 10.1 Å². The minimum absolute atomic E-state index is 0.197. The number of benzene rings is 1. The highest BCUT2D eigenvalue weighted by atomic mass is 19.1. The summed E-state index contributed by atoms with van der Waals surface area (Å²) in [5, 5.41) is 3.14. The SMILES string of the molecule is CCc1ccc(N[C@@H]2COC[C@H]2F)cc1. The van der Waals surface area contributed by atoms with Crippen molar-refractivity contribution in [3.05, 3.63) is 29.8 Å². The number of halogens is 1. The molecule has 2 atom stereocenters. The molecule has 1 aromatic carbocycles. The molecule has 0 unspecified atom stereocenters. The Balaban J connectivity index is 1.98. The van der Waals surface area contributed by atoms with E-state index in [1.165, 1.54) is 5.56 Å². The van der Waals surface area contributed by atoms with E-state index in [9.17, 15) is 4.39 Å². The minimum Gasteiger partial charge on any atom is -0.377 e. The van der Waals surface area contributed by atoms with Crippen LogP contribution in [0.3, 0.4) is 0 Å². The minimum atomic E-state index is -0.893. The summed E-state index contributed by atoms with van der Waals surface area (Å²) in [6, 6.07) is 7.90. The van der Waals surface area contributed by atoms with Gasteiger partial charge in [-0.1, -0.05) is 19.1 Å². The first-order chi connectivity index (χ1) is 7.29. The fourth-order valence-electron chi connectivity index (χ4n) is 1.71. The standard InChI is InChI=1S/C12H16FNO/c1-2-9-3-5-10(6-4-9)14-12-8-15-7-11(12)13/h3-6,11-12,14H,2,7-8H2,1H3/t11-,12-/m1/s1. The first-order valence-corrected chi connectivity index (χ1v) is 5.37. The number of alkyl halides is 1. The molecule has 2 nitrogen and oxygen atoms in total. The monoisotopic (exact) mass is 209 g/mol. The Labute approximate surface area is 89.4 Å². The van der Waals surface area contributed by atoms with Crippen molar-refractivity contribution in [2.24, 2.45) is 0 Å². The molecule has 1 fully saturated rings. The van der Waals surface area contributed by atoms with Crippen LogP contribution < -0.4 is 5.32 Å². The third-order valence-corrected chi connectivity index (χ3v) is 2.73. The van der Waals surface area contributed by atoms with Crippen LogP contribution in [-0.4, -0.2) is 25.4 Å². The second-order valence-corrected chi connectivity index (χ2v) is 3.85. The van der Waals surface area contributed by atoms with Gasteiger partial charge >= 0.3 is 0 Å². The molecule has 3 heteroatoms. The molecule has 1 N–H and O–H groups in total.